The Bertz CT molecular complexity index is 829. The topological polar surface area (TPSA) is 62.5 Å². The lowest BCUT2D eigenvalue weighted by Gasteiger charge is -2.31. The van der Waals surface area contributed by atoms with Gasteiger partial charge in [-0.1, -0.05) is 12.1 Å². The zero-order valence-electron chi connectivity index (χ0n) is 13.3. The first kappa shape index (κ1) is 15.1. The molecule has 0 aromatic carbocycles. The molecule has 1 amide bonds. The molecule has 24 heavy (non-hydrogen) atoms. The van der Waals surface area contributed by atoms with Crippen LogP contribution >= 0.6 is 11.3 Å². The summed E-state index contributed by atoms with van der Waals surface area (Å²) >= 11 is 1.66. The molecule has 1 saturated heterocycles. The van der Waals surface area contributed by atoms with E-state index in [9.17, 15) is 4.79 Å². The van der Waals surface area contributed by atoms with Crippen LogP contribution < -0.4 is 10.2 Å². The number of fused-ring (bicyclic) bond motifs is 1. The van der Waals surface area contributed by atoms with E-state index in [0.29, 0.717) is 13.1 Å². The number of thiophene rings is 1. The third-order valence-corrected chi connectivity index (χ3v) is 5.26. The third kappa shape index (κ3) is 2.99. The predicted molar refractivity (Wildman–Crippen MR) is 94.1 cm³/mol. The summed E-state index contributed by atoms with van der Waals surface area (Å²) in [7, 11) is 0. The number of aromatic nitrogens is 3. The van der Waals surface area contributed by atoms with Gasteiger partial charge in [-0.05, 0) is 36.4 Å². The minimum atomic E-state index is -0.00484. The number of nitrogens with one attached hydrogen (secondary N) is 1. The quantitative estimate of drug-likeness (QED) is 0.791. The van der Waals surface area contributed by atoms with Gasteiger partial charge >= 0.3 is 0 Å². The van der Waals surface area contributed by atoms with Crippen molar-refractivity contribution >= 4 is 28.8 Å². The zero-order valence-corrected chi connectivity index (χ0v) is 14.1. The van der Waals surface area contributed by atoms with Crippen molar-refractivity contribution in [1.29, 1.82) is 0 Å². The number of carbonyl (C=O) groups is 1. The molecular formula is C17H19N5OS. The Balaban J connectivity index is 1.44. The van der Waals surface area contributed by atoms with Crippen molar-refractivity contribution < 1.29 is 4.79 Å². The summed E-state index contributed by atoms with van der Waals surface area (Å²) in [4.78, 5) is 15.8. The molecule has 7 heteroatoms. The molecule has 0 bridgehead atoms. The third-order valence-electron chi connectivity index (χ3n) is 4.39. The molecule has 1 N–H and O–H groups in total. The first-order chi connectivity index (χ1) is 11.8. The van der Waals surface area contributed by atoms with Gasteiger partial charge in [0, 0.05) is 24.2 Å². The first-order valence-electron chi connectivity index (χ1n) is 8.16. The molecule has 1 fully saturated rings. The SMILES string of the molecule is O=C(NCc1cccs1)[C@H]1CCCN(c2nnc3ccccn23)C1. The normalized spacial score (nSPS) is 18.0. The van der Waals surface area contributed by atoms with Crippen molar-refractivity contribution in [3.63, 3.8) is 0 Å². The van der Waals surface area contributed by atoms with E-state index in [2.05, 4.69) is 20.4 Å². The number of piperidine rings is 1. The number of hydrogen-bond donors (Lipinski definition) is 1. The molecule has 3 aromatic rings. The molecule has 6 nitrogen and oxygen atoms in total. The van der Waals surface area contributed by atoms with Gasteiger partial charge in [-0.3, -0.25) is 9.20 Å². The van der Waals surface area contributed by atoms with E-state index in [4.69, 9.17) is 0 Å². The molecular weight excluding hydrogens is 322 g/mol. The van der Waals surface area contributed by atoms with Crippen molar-refractivity contribution in [1.82, 2.24) is 19.9 Å². The van der Waals surface area contributed by atoms with Crippen LogP contribution in [0.4, 0.5) is 5.95 Å². The maximum atomic E-state index is 12.5. The molecule has 124 valence electrons. The highest BCUT2D eigenvalue weighted by Crippen LogP contribution is 2.22. The van der Waals surface area contributed by atoms with Gasteiger partial charge in [-0.25, -0.2) is 0 Å². The fraction of sp³-hybridized carbons (Fsp3) is 0.353. The number of carbonyl (C=O) groups excluding carboxylic acids is 1. The minimum absolute atomic E-state index is 0.00484. The molecule has 0 saturated carbocycles. The van der Waals surface area contributed by atoms with Crippen LogP contribution in [0.1, 0.15) is 17.7 Å². The Morgan fingerprint density at radius 2 is 2.25 bits per heavy atom. The Labute approximate surface area is 144 Å². The average Bonchev–Trinajstić information content (AvgIpc) is 3.29. The van der Waals surface area contributed by atoms with Crippen LogP contribution in [-0.2, 0) is 11.3 Å². The standard InChI is InChI=1S/C17H19N5OS/c23-16(18-11-14-6-4-10-24-14)13-5-3-8-21(12-13)17-20-19-15-7-1-2-9-22(15)17/h1-2,4,6-7,9-10,13H,3,5,8,11-12H2,(H,18,23)/t13-/m0/s1. The lowest BCUT2D eigenvalue weighted by molar-refractivity contribution is -0.125. The smallest absolute Gasteiger partial charge is 0.231 e. The number of nitrogens with zero attached hydrogens (tertiary/aromatic N) is 4. The van der Waals surface area contributed by atoms with Crippen LogP contribution in [0.2, 0.25) is 0 Å². The first-order valence-corrected chi connectivity index (χ1v) is 9.04. The van der Waals surface area contributed by atoms with Gasteiger partial charge in [0.25, 0.3) is 0 Å². The Kier molecular flexibility index (Phi) is 4.17. The molecule has 0 aliphatic carbocycles. The van der Waals surface area contributed by atoms with Gasteiger partial charge in [-0.15, -0.1) is 21.5 Å². The molecule has 1 aliphatic rings. The average molecular weight is 341 g/mol. The Morgan fingerprint density at radius 3 is 3.12 bits per heavy atom. The second-order valence-electron chi connectivity index (χ2n) is 6.01. The summed E-state index contributed by atoms with van der Waals surface area (Å²) in [5.74, 6) is 0.943. The number of amides is 1. The minimum Gasteiger partial charge on any atom is -0.351 e. The zero-order chi connectivity index (χ0) is 16.4. The van der Waals surface area contributed by atoms with Crippen molar-refractivity contribution in [2.45, 2.75) is 19.4 Å². The van der Waals surface area contributed by atoms with E-state index in [-0.39, 0.29) is 11.8 Å². The maximum absolute atomic E-state index is 12.5. The molecule has 1 aliphatic heterocycles. The summed E-state index contributed by atoms with van der Waals surface area (Å²) in [5.41, 5.74) is 0.830. The molecule has 4 rings (SSSR count). The Morgan fingerprint density at radius 1 is 1.29 bits per heavy atom. The van der Waals surface area contributed by atoms with Crippen LogP contribution in [0.3, 0.4) is 0 Å². The number of pyridine rings is 1. The maximum Gasteiger partial charge on any atom is 0.231 e. The highest BCUT2D eigenvalue weighted by atomic mass is 32.1. The fourth-order valence-corrected chi connectivity index (χ4v) is 3.79. The summed E-state index contributed by atoms with van der Waals surface area (Å²) in [5, 5.41) is 13.6. The van der Waals surface area contributed by atoms with E-state index in [1.54, 1.807) is 11.3 Å². The molecule has 4 heterocycles. The van der Waals surface area contributed by atoms with Crippen LogP contribution in [0, 0.1) is 5.92 Å². The summed E-state index contributed by atoms with van der Waals surface area (Å²) in [6, 6.07) is 9.90. The summed E-state index contributed by atoms with van der Waals surface area (Å²) < 4.78 is 1.98. The van der Waals surface area contributed by atoms with Gasteiger partial charge in [0.1, 0.15) is 0 Å². The van der Waals surface area contributed by atoms with E-state index in [0.717, 1.165) is 31.0 Å². The van der Waals surface area contributed by atoms with Crippen molar-refractivity contribution in [3.05, 3.63) is 46.8 Å². The van der Waals surface area contributed by atoms with E-state index >= 15 is 0 Å². The number of hydrogen-bond acceptors (Lipinski definition) is 5. The van der Waals surface area contributed by atoms with E-state index < -0.39 is 0 Å². The highest BCUT2D eigenvalue weighted by Gasteiger charge is 2.27. The van der Waals surface area contributed by atoms with Gasteiger partial charge in [0.2, 0.25) is 11.9 Å². The van der Waals surface area contributed by atoms with Gasteiger partial charge in [-0.2, -0.15) is 0 Å². The highest BCUT2D eigenvalue weighted by molar-refractivity contribution is 7.09. The lowest BCUT2D eigenvalue weighted by atomic mass is 9.97. The molecule has 0 spiro atoms. The fourth-order valence-electron chi connectivity index (χ4n) is 3.15. The summed E-state index contributed by atoms with van der Waals surface area (Å²) in [6.45, 7) is 2.21. The molecule has 1 atom stereocenters. The second-order valence-corrected chi connectivity index (χ2v) is 7.04. The van der Waals surface area contributed by atoms with Crippen molar-refractivity contribution in [3.8, 4) is 0 Å². The Hall–Kier alpha value is -2.41. The molecule has 0 unspecified atom stereocenters. The number of anilines is 1. The van der Waals surface area contributed by atoms with Crippen molar-refractivity contribution in [2.75, 3.05) is 18.0 Å². The van der Waals surface area contributed by atoms with Crippen LogP contribution in [-0.4, -0.2) is 33.6 Å². The van der Waals surface area contributed by atoms with Crippen molar-refractivity contribution in [2.24, 2.45) is 5.92 Å². The number of rotatable bonds is 4. The lowest BCUT2D eigenvalue weighted by Crippen LogP contribution is -2.43. The largest absolute Gasteiger partial charge is 0.351 e. The molecule has 3 aromatic heterocycles. The van der Waals surface area contributed by atoms with Gasteiger partial charge in [0.05, 0.1) is 12.5 Å². The monoisotopic (exact) mass is 341 g/mol. The van der Waals surface area contributed by atoms with Crippen LogP contribution in [0.5, 0.6) is 0 Å². The molecule has 0 radical (unpaired) electrons. The van der Waals surface area contributed by atoms with Crippen LogP contribution in [0.15, 0.2) is 41.9 Å². The van der Waals surface area contributed by atoms with Gasteiger partial charge in [0.15, 0.2) is 5.65 Å². The second kappa shape index (κ2) is 6.60. The van der Waals surface area contributed by atoms with Gasteiger partial charge < -0.3 is 10.2 Å². The van der Waals surface area contributed by atoms with E-state index in [1.807, 2.05) is 46.3 Å². The van der Waals surface area contributed by atoms with E-state index in [1.165, 1.54) is 4.88 Å². The summed E-state index contributed by atoms with van der Waals surface area (Å²) in [6.07, 6.45) is 3.87. The van der Waals surface area contributed by atoms with Crippen LogP contribution in [0.25, 0.3) is 5.65 Å². The predicted octanol–water partition coefficient (Wildman–Crippen LogP) is 2.32.